The van der Waals surface area contributed by atoms with Crippen LogP contribution in [0.4, 0.5) is 0 Å². The number of likely N-dealkylation sites (N-methyl/N-ethyl adjacent to an activating group) is 1. The second kappa shape index (κ2) is 6.75. The van der Waals surface area contributed by atoms with Gasteiger partial charge in [0.05, 0.1) is 18.3 Å². The van der Waals surface area contributed by atoms with E-state index in [0.717, 1.165) is 37.1 Å². The number of hydrogen-bond acceptors (Lipinski definition) is 4. The van der Waals surface area contributed by atoms with Gasteiger partial charge in [0.1, 0.15) is 0 Å². The van der Waals surface area contributed by atoms with Gasteiger partial charge in [0.25, 0.3) is 0 Å². The third-order valence-electron chi connectivity index (χ3n) is 4.65. The van der Waals surface area contributed by atoms with Crippen LogP contribution in [0.2, 0.25) is 0 Å². The predicted molar refractivity (Wildman–Crippen MR) is 85.4 cm³/mol. The van der Waals surface area contributed by atoms with Crippen LogP contribution < -0.4 is 0 Å². The van der Waals surface area contributed by atoms with Crippen molar-refractivity contribution in [1.82, 2.24) is 9.88 Å². The van der Waals surface area contributed by atoms with Gasteiger partial charge < -0.3 is 10.1 Å². The maximum atomic E-state index is 12.5. The summed E-state index contributed by atoms with van der Waals surface area (Å²) in [6.07, 6.45) is 2.71. The first kappa shape index (κ1) is 16.9. The Balaban J connectivity index is 2.03. The molecule has 5 heteroatoms. The molecule has 1 heterocycles. The van der Waals surface area contributed by atoms with Crippen molar-refractivity contribution in [3.05, 3.63) is 22.5 Å². The average molecular weight is 306 g/mol. The first-order valence-corrected chi connectivity index (χ1v) is 7.91. The van der Waals surface area contributed by atoms with Crippen LogP contribution in [0.5, 0.6) is 0 Å². The molecule has 2 rings (SSSR count). The van der Waals surface area contributed by atoms with Gasteiger partial charge in [-0.05, 0) is 52.1 Å². The van der Waals surface area contributed by atoms with Crippen LogP contribution in [0.25, 0.3) is 0 Å². The molecule has 0 aliphatic heterocycles. The number of aromatic amines is 1. The summed E-state index contributed by atoms with van der Waals surface area (Å²) in [5, 5.41) is 9.88. The third kappa shape index (κ3) is 3.47. The summed E-state index contributed by atoms with van der Waals surface area (Å²) in [6.45, 7) is 6.17. The number of aromatic nitrogens is 1. The lowest BCUT2D eigenvalue weighted by molar-refractivity contribution is 0.0866. The molecule has 0 spiro atoms. The number of nitrogens with one attached hydrogen (secondary N) is 1. The van der Waals surface area contributed by atoms with E-state index in [2.05, 4.69) is 4.98 Å². The summed E-state index contributed by atoms with van der Waals surface area (Å²) >= 11 is 0. The van der Waals surface area contributed by atoms with Crippen LogP contribution >= 0.6 is 0 Å². The van der Waals surface area contributed by atoms with E-state index in [4.69, 9.17) is 0 Å². The molecular weight excluding hydrogens is 280 g/mol. The molecule has 2 N–H and O–H groups in total. The van der Waals surface area contributed by atoms with Crippen LogP contribution in [0.1, 0.15) is 58.3 Å². The van der Waals surface area contributed by atoms with Crippen molar-refractivity contribution in [2.75, 3.05) is 20.1 Å². The Hall–Kier alpha value is -1.46. The van der Waals surface area contributed by atoms with Crippen LogP contribution in [-0.4, -0.2) is 52.8 Å². The van der Waals surface area contributed by atoms with Crippen molar-refractivity contribution >= 4 is 11.6 Å². The van der Waals surface area contributed by atoms with E-state index in [-0.39, 0.29) is 23.6 Å². The highest BCUT2D eigenvalue weighted by Gasteiger charge is 2.27. The van der Waals surface area contributed by atoms with Gasteiger partial charge in [-0.2, -0.15) is 0 Å². The standard InChI is InChI=1S/C17H26N2O3/c1-10-16(12(3)20)11(2)18-17(10)15(22)9-19(4)8-13-6-5-7-14(13)21/h13-14,18,21H,5-9H2,1-4H3. The summed E-state index contributed by atoms with van der Waals surface area (Å²) in [6, 6.07) is 0. The molecular formula is C17H26N2O3. The largest absolute Gasteiger partial charge is 0.393 e. The second-order valence-corrected chi connectivity index (χ2v) is 6.56. The molecule has 5 nitrogen and oxygen atoms in total. The summed E-state index contributed by atoms with van der Waals surface area (Å²) in [4.78, 5) is 29.1. The maximum absolute atomic E-state index is 12.5. The van der Waals surface area contributed by atoms with E-state index < -0.39 is 0 Å². The fourth-order valence-corrected chi connectivity index (χ4v) is 3.58. The number of aliphatic hydroxyl groups excluding tert-OH is 1. The van der Waals surface area contributed by atoms with Crippen molar-refractivity contribution in [3.8, 4) is 0 Å². The lowest BCUT2D eigenvalue weighted by Gasteiger charge is -2.22. The molecule has 22 heavy (non-hydrogen) atoms. The molecule has 1 fully saturated rings. The molecule has 122 valence electrons. The van der Waals surface area contributed by atoms with Crippen molar-refractivity contribution < 1.29 is 14.7 Å². The molecule has 1 aliphatic carbocycles. The Labute approximate surface area is 131 Å². The number of carbonyl (C=O) groups excluding carboxylic acids is 2. The van der Waals surface area contributed by atoms with Gasteiger partial charge >= 0.3 is 0 Å². The van der Waals surface area contributed by atoms with Crippen LogP contribution in [0.15, 0.2) is 0 Å². The van der Waals surface area contributed by atoms with Gasteiger partial charge in [0.15, 0.2) is 11.6 Å². The Kier molecular flexibility index (Phi) is 5.19. The molecule has 1 aromatic heterocycles. The molecule has 0 bridgehead atoms. The predicted octanol–water partition coefficient (Wildman–Crippen LogP) is 2.11. The molecule has 0 amide bonds. The topological polar surface area (TPSA) is 73.4 Å². The number of aliphatic hydroxyl groups is 1. The monoisotopic (exact) mass is 306 g/mol. The van der Waals surface area contributed by atoms with Gasteiger partial charge in [0.2, 0.25) is 0 Å². The number of ketones is 2. The van der Waals surface area contributed by atoms with Crippen LogP contribution in [-0.2, 0) is 0 Å². The summed E-state index contributed by atoms with van der Waals surface area (Å²) in [5.41, 5.74) is 2.64. The number of H-pyrrole nitrogens is 1. The van der Waals surface area contributed by atoms with Gasteiger partial charge in [-0.3, -0.25) is 14.5 Å². The number of aryl methyl sites for hydroxylation is 1. The highest BCUT2D eigenvalue weighted by Crippen LogP contribution is 2.26. The minimum atomic E-state index is -0.240. The van der Waals surface area contributed by atoms with Gasteiger partial charge in [-0.15, -0.1) is 0 Å². The molecule has 0 radical (unpaired) electrons. The Morgan fingerprint density at radius 2 is 2.00 bits per heavy atom. The number of rotatable bonds is 6. The Morgan fingerprint density at radius 3 is 2.50 bits per heavy atom. The van der Waals surface area contributed by atoms with E-state index in [1.54, 1.807) is 0 Å². The first-order chi connectivity index (χ1) is 10.3. The highest BCUT2D eigenvalue weighted by atomic mass is 16.3. The molecule has 0 saturated heterocycles. The van der Waals surface area contributed by atoms with Crippen molar-refractivity contribution in [1.29, 1.82) is 0 Å². The molecule has 0 aromatic carbocycles. The lowest BCUT2D eigenvalue weighted by Crippen LogP contribution is -2.33. The van der Waals surface area contributed by atoms with E-state index in [1.165, 1.54) is 6.92 Å². The van der Waals surface area contributed by atoms with Crippen LogP contribution in [0.3, 0.4) is 0 Å². The van der Waals surface area contributed by atoms with Crippen molar-refractivity contribution in [2.45, 2.75) is 46.1 Å². The fourth-order valence-electron chi connectivity index (χ4n) is 3.58. The summed E-state index contributed by atoms with van der Waals surface area (Å²) in [7, 11) is 1.90. The zero-order valence-electron chi connectivity index (χ0n) is 13.9. The SMILES string of the molecule is CC(=O)c1c(C)[nH]c(C(=O)CN(C)CC2CCCC2O)c1C. The number of hydrogen-bond donors (Lipinski definition) is 2. The molecule has 1 aromatic rings. The van der Waals surface area contributed by atoms with Gasteiger partial charge in [-0.1, -0.05) is 6.42 Å². The Morgan fingerprint density at radius 1 is 1.32 bits per heavy atom. The summed E-state index contributed by atoms with van der Waals surface area (Å²) < 4.78 is 0. The van der Waals surface area contributed by atoms with Crippen LogP contribution in [0, 0.1) is 19.8 Å². The van der Waals surface area contributed by atoms with E-state index in [1.807, 2.05) is 25.8 Å². The van der Waals surface area contributed by atoms with Crippen molar-refractivity contribution in [2.24, 2.45) is 5.92 Å². The molecule has 2 unspecified atom stereocenters. The van der Waals surface area contributed by atoms with E-state index in [9.17, 15) is 14.7 Å². The maximum Gasteiger partial charge on any atom is 0.193 e. The minimum Gasteiger partial charge on any atom is -0.393 e. The smallest absolute Gasteiger partial charge is 0.193 e. The Bertz CT molecular complexity index is 577. The summed E-state index contributed by atoms with van der Waals surface area (Å²) in [5.74, 6) is 0.230. The average Bonchev–Trinajstić information content (AvgIpc) is 2.93. The third-order valence-corrected chi connectivity index (χ3v) is 4.65. The van der Waals surface area contributed by atoms with E-state index >= 15 is 0 Å². The van der Waals surface area contributed by atoms with Crippen molar-refractivity contribution in [3.63, 3.8) is 0 Å². The number of carbonyl (C=O) groups is 2. The minimum absolute atomic E-state index is 0.0110. The fraction of sp³-hybridized carbons (Fsp3) is 0.647. The zero-order valence-corrected chi connectivity index (χ0v) is 13.9. The first-order valence-electron chi connectivity index (χ1n) is 7.91. The van der Waals surface area contributed by atoms with E-state index in [0.29, 0.717) is 17.8 Å². The second-order valence-electron chi connectivity index (χ2n) is 6.56. The molecule has 2 atom stereocenters. The van der Waals surface area contributed by atoms with Gasteiger partial charge in [-0.25, -0.2) is 0 Å². The highest BCUT2D eigenvalue weighted by molar-refractivity contribution is 6.03. The number of nitrogens with zero attached hydrogens (tertiary/aromatic N) is 1. The van der Waals surface area contributed by atoms with Gasteiger partial charge in [0, 0.05) is 17.8 Å². The normalized spacial score (nSPS) is 21.5. The molecule has 1 aliphatic rings. The number of Topliss-reactive ketones (excluding diaryl/α,β-unsaturated/α-hetero) is 2. The lowest BCUT2D eigenvalue weighted by atomic mass is 10.0. The zero-order chi connectivity index (χ0) is 16.4. The quantitative estimate of drug-likeness (QED) is 0.790. The molecule has 1 saturated carbocycles.